The molecule has 0 saturated carbocycles. The van der Waals surface area contributed by atoms with Crippen molar-refractivity contribution in [2.75, 3.05) is 7.05 Å². The molecule has 0 saturated heterocycles. The Balaban J connectivity index is 1.59. The van der Waals surface area contributed by atoms with E-state index < -0.39 is 0 Å². The second kappa shape index (κ2) is 8.54. The molecule has 0 aliphatic rings. The standard InChI is InChI=1S/C20H21ClN4O/c1-24(14-16-6-4-9-19(21)12-16)20(26)22-13-17-7-2-3-8-18(17)15-25-11-5-10-23-25/h2-12H,13-15H2,1H3,(H,22,26). The first-order chi connectivity index (χ1) is 12.6. The smallest absolute Gasteiger partial charge is 0.317 e. The fourth-order valence-electron chi connectivity index (χ4n) is 2.74. The second-order valence-corrected chi connectivity index (χ2v) is 6.55. The van der Waals surface area contributed by atoms with Gasteiger partial charge in [-0.1, -0.05) is 48.0 Å². The van der Waals surface area contributed by atoms with Crippen molar-refractivity contribution in [2.45, 2.75) is 19.6 Å². The van der Waals surface area contributed by atoms with Crippen molar-refractivity contribution < 1.29 is 4.79 Å². The molecule has 3 aromatic rings. The van der Waals surface area contributed by atoms with Crippen molar-refractivity contribution in [3.63, 3.8) is 0 Å². The van der Waals surface area contributed by atoms with Crippen molar-refractivity contribution in [1.82, 2.24) is 20.0 Å². The summed E-state index contributed by atoms with van der Waals surface area (Å²) in [5.41, 5.74) is 3.20. The number of aromatic nitrogens is 2. The van der Waals surface area contributed by atoms with Gasteiger partial charge in [0.05, 0.1) is 6.54 Å². The first-order valence-corrected chi connectivity index (χ1v) is 8.77. The van der Waals surface area contributed by atoms with Crippen LogP contribution in [0, 0.1) is 0 Å². The van der Waals surface area contributed by atoms with Crippen LogP contribution in [0.1, 0.15) is 16.7 Å². The molecule has 1 aromatic heterocycles. The van der Waals surface area contributed by atoms with Gasteiger partial charge >= 0.3 is 6.03 Å². The number of rotatable bonds is 6. The molecule has 2 amide bonds. The molecule has 6 heteroatoms. The third kappa shape index (κ3) is 4.86. The summed E-state index contributed by atoms with van der Waals surface area (Å²) in [4.78, 5) is 14.0. The van der Waals surface area contributed by atoms with E-state index in [-0.39, 0.29) is 6.03 Å². The molecule has 2 aromatic carbocycles. The highest BCUT2D eigenvalue weighted by Crippen LogP contribution is 2.13. The Bertz CT molecular complexity index is 864. The number of nitrogens with zero attached hydrogens (tertiary/aromatic N) is 3. The normalized spacial score (nSPS) is 10.5. The molecule has 0 atom stereocenters. The molecule has 0 spiro atoms. The lowest BCUT2D eigenvalue weighted by Gasteiger charge is -2.19. The van der Waals surface area contributed by atoms with Crippen molar-refractivity contribution in [2.24, 2.45) is 0 Å². The van der Waals surface area contributed by atoms with Crippen LogP contribution in [0.15, 0.2) is 67.0 Å². The molecule has 26 heavy (non-hydrogen) atoms. The van der Waals surface area contributed by atoms with Gasteiger partial charge in [-0.2, -0.15) is 5.10 Å². The number of amides is 2. The highest BCUT2D eigenvalue weighted by Gasteiger charge is 2.10. The summed E-state index contributed by atoms with van der Waals surface area (Å²) in [7, 11) is 1.77. The molecule has 1 N–H and O–H groups in total. The lowest BCUT2D eigenvalue weighted by atomic mass is 10.1. The number of carbonyl (C=O) groups excluding carboxylic acids is 1. The first-order valence-electron chi connectivity index (χ1n) is 8.39. The average molecular weight is 369 g/mol. The summed E-state index contributed by atoms with van der Waals surface area (Å²) in [5, 5.41) is 7.89. The van der Waals surface area contributed by atoms with Gasteiger partial charge in [0.25, 0.3) is 0 Å². The van der Waals surface area contributed by atoms with Crippen LogP contribution in [0.25, 0.3) is 0 Å². The molecule has 0 aliphatic heterocycles. The lowest BCUT2D eigenvalue weighted by Crippen LogP contribution is -2.36. The average Bonchev–Trinajstić information content (AvgIpc) is 3.14. The van der Waals surface area contributed by atoms with Gasteiger partial charge in [0, 0.05) is 37.6 Å². The van der Waals surface area contributed by atoms with E-state index in [2.05, 4.69) is 16.5 Å². The van der Waals surface area contributed by atoms with Crippen LogP contribution < -0.4 is 5.32 Å². The van der Waals surface area contributed by atoms with E-state index in [0.29, 0.717) is 24.7 Å². The summed E-state index contributed by atoms with van der Waals surface area (Å²) in [5.74, 6) is 0. The minimum Gasteiger partial charge on any atom is -0.334 e. The largest absolute Gasteiger partial charge is 0.334 e. The monoisotopic (exact) mass is 368 g/mol. The van der Waals surface area contributed by atoms with Crippen molar-refractivity contribution >= 4 is 17.6 Å². The van der Waals surface area contributed by atoms with Gasteiger partial charge in [0.15, 0.2) is 0 Å². The van der Waals surface area contributed by atoms with E-state index in [0.717, 1.165) is 16.7 Å². The van der Waals surface area contributed by atoms with E-state index in [1.807, 2.05) is 59.4 Å². The van der Waals surface area contributed by atoms with Gasteiger partial charge in [-0.05, 0) is 34.9 Å². The fourth-order valence-corrected chi connectivity index (χ4v) is 2.95. The summed E-state index contributed by atoms with van der Waals surface area (Å²) in [6.07, 6.45) is 3.68. The topological polar surface area (TPSA) is 50.2 Å². The zero-order valence-corrected chi connectivity index (χ0v) is 15.4. The molecule has 134 valence electrons. The maximum Gasteiger partial charge on any atom is 0.317 e. The molecular formula is C20H21ClN4O. The van der Waals surface area contributed by atoms with Crippen LogP contribution in [-0.2, 0) is 19.6 Å². The second-order valence-electron chi connectivity index (χ2n) is 6.12. The van der Waals surface area contributed by atoms with Crippen molar-refractivity contribution in [1.29, 1.82) is 0 Å². The maximum atomic E-state index is 12.4. The number of halogens is 1. The number of hydrogen-bond donors (Lipinski definition) is 1. The van der Waals surface area contributed by atoms with E-state index in [1.54, 1.807) is 18.1 Å². The van der Waals surface area contributed by atoms with Crippen LogP contribution in [0.2, 0.25) is 5.02 Å². The number of nitrogens with one attached hydrogen (secondary N) is 1. The van der Waals surface area contributed by atoms with Gasteiger partial charge in [0.1, 0.15) is 0 Å². The minimum absolute atomic E-state index is 0.126. The summed E-state index contributed by atoms with van der Waals surface area (Å²) in [6.45, 7) is 1.65. The lowest BCUT2D eigenvalue weighted by molar-refractivity contribution is 0.206. The Hall–Kier alpha value is -2.79. The van der Waals surface area contributed by atoms with Crippen molar-refractivity contribution in [3.05, 3.63) is 88.7 Å². The van der Waals surface area contributed by atoms with E-state index in [9.17, 15) is 4.79 Å². The highest BCUT2D eigenvalue weighted by molar-refractivity contribution is 6.30. The number of urea groups is 1. The fraction of sp³-hybridized carbons (Fsp3) is 0.200. The molecule has 0 unspecified atom stereocenters. The maximum absolute atomic E-state index is 12.4. The van der Waals surface area contributed by atoms with Gasteiger partial charge in [-0.15, -0.1) is 0 Å². The Morgan fingerprint density at radius 2 is 1.96 bits per heavy atom. The molecule has 3 rings (SSSR count). The minimum atomic E-state index is -0.126. The quantitative estimate of drug-likeness (QED) is 0.716. The van der Waals surface area contributed by atoms with Gasteiger partial charge in [-0.3, -0.25) is 4.68 Å². The predicted octanol–water partition coefficient (Wildman–Crippen LogP) is 3.93. The van der Waals surface area contributed by atoms with Gasteiger partial charge in [0.2, 0.25) is 0 Å². The van der Waals surface area contributed by atoms with Crippen LogP contribution in [0.5, 0.6) is 0 Å². The zero-order chi connectivity index (χ0) is 18.4. The molecular weight excluding hydrogens is 348 g/mol. The first kappa shape index (κ1) is 18.0. The van der Waals surface area contributed by atoms with Gasteiger partial charge in [-0.25, -0.2) is 4.79 Å². The van der Waals surface area contributed by atoms with Crippen LogP contribution >= 0.6 is 11.6 Å². The predicted molar refractivity (Wildman–Crippen MR) is 103 cm³/mol. The Labute approximate surface area is 158 Å². The number of carbonyl (C=O) groups is 1. The third-order valence-electron chi connectivity index (χ3n) is 4.10. The van der Waals surface area contributed by atoms with Crippen LogP contribution in [0.3, 0.4) is 0 Å². The molecule has 1 heterocycles. The number of benzene rings is 2. The van der Waals surface area contributed by atoms with Gasteiger partial charge < -0.3 is 10.2 Å². The molecule has 5 nitrogen and oxygen atoms in total. The van der Waals surface area contributed by atoms with E-state index in [1.165, 1.54) is 0 Å². The molecule has 0 aliphatic carbocycles. The molecule has 0 radical (unpaired) electrons. The Kier molecular flexibility index (Phi) is 5.92. The summed E-state index contributed by atoms with van der Waals surface area (Å²) >= 11 is 6.00. The Morgan fingerprint density at radius 3 is 2.69 bits per heavy atom. The summed E-state index contributed by atoms with van der Waals surface area (Å²) in [6, 6.07) is 17.3. The Morgan fingerprint density at radius 1 is 1.15 bits per heavy atom. The molecule has 0 fully saturated rings. The van der Waals surface area contributed by atoms with E-state index >= 15 is 0 Å². The van der Waals surface area contributed by atoms with Crippen LogP contribution in [-0.4, -0.2) is 27.8 Å². The SMILES string of the molecule is CN(Cc1cccc(Cl)c1)C(=O)NCc1ccccc1Cn1cccn1. The van der Waals surface area contributed by atoms with Crippen molar-refractivity contribution in [3.8, 4) is 0 Å². The number of hydrogen-bond acceptors (Lipinski definition) is 2. The third-order valence-corrected chi connectivity index (χ3v) is 4.33. The zero-order valence-electron chi connectivity index (χ0n) is 14.6. The van der Waals surface area contributed by atoms with E-state index in [4.69, 9.17) is 11.6 Å². The van der Waals surface area contributed by atoms with Crippen LogP contribution in [0.4, 0.5) is 4.79 Å². The molecule has 0 bridgehead atoms. The summed E-state index contributed by atoms with van der Waals surface area (Å²) < 4.78 is 1.87. The highest BCUT2D eigenvalue weighted by atomic mass is 35.5.